The van der Waals surface area contributed by atoms with E-state index in [1.165, 1.54) is 12.1 Å². The topological polar surface area (TPSA) is 75.3 Å². The number of hydrogen-bond donors (Lipinski definition) is 2. The Bertz CT molecular complexity index is 903. The third-order valence-corrected chi connectivity index (χ3v) is 5.58. The number of sulfonamides is 1. The van der Waals surface area contributed by atoms with Crippen molar-refractivity contribution in [3.8, 4) is 0 Å². The lowest BCUT2D eigenvalue weighted by Gasteiger charge is -2.13. The van der Waals surface area contributed by atoms with E-state index in [0.717, 1.165) is 11.1 Å². The molecule has 0 aliphatic heterocycles. The quantitative estimate of drug-likeness (QED) is 0.856. The number of anilines is 1. The lowest BCUT2D eigenvalue weighted by Crippen LogP contribution is -2.30. The van der Waals surface area contributed by atoms with Crippen LogP contribution in [0.25, 0.3) is 0 Å². The summed E-state index contributed by atoms with van der Waals surface area (Å²) in [5.74, 6) is -0.331. The van der Waals surface area contributed by atoms with Crippen LogP contribution in [0.3, 0.4) is 0 Å². The van der Waals surface area contributed by atoms with Crippen molar-refractivity contribution in [1.29, 1.82) is 0 Å². The van der Waals surface area contributed by atoms with E-state index in [1.54, 1.807) is 26.8 Å². The predicted octanol–water partition coefficient (Wildman–Crippen LogP) is 3.55. The first-order chi connectivity index (χ1) is 11.6. The number of carbonyl (C=O) groups excluding carboxylic acids is 1. The summed E-state index contributed by atoms with van der Waals surface area (Å²) in [7, 11) is -3.65. The number of hydrogen-bond acceptors (Lipinski definition) is 3. The zero-order valence-corrected chi connectivity index (χ0v) is 16.0. The van der Waals surface area contributed by atoms with Crippen LogP contribution >= 0.6 is 0 Å². The standard InChI is InChI=1S/C19H24N2O3S/c1-12(2)21-25(23,24)17-9-7-14(4)18(11-17)19(22)20-16-8-6-13(3)15(5)10-16/h6-12,21H,1-5H3,(H,20,22). The van der Waals surface area contributed by atoms with Crippen molar-refractivity contribution in [1.82, 2.24) is 4.72 Å². The Balaban J connectivity index is 2.33. The van der Waals surface area contributed by atoms with Crippen molar-refractivity contribution >= 4 is 21.6 Å². The van der Waals surface area contributed by atoms with Crippen molar-refractivity contribution in [2.75, 3.05) is 5.32 Å². The van der Waals surface area contributed by atoms with Gasteiger partial charge in [0.05, 0.1) is 4.90 Å². The summed E-state index contributed by atoms with van der Waals surface area (Å²) in [6.45, 7) is 9.25. The van der Waals surface area contributed by atoms with E-state index >= 15 is 0 Å². The molecular weight excluding hydrogens is 336 g/mol. The van der Waals surface area contributed by atoms with Gasteiger partial charge in [-0.05, 0) is 75.6 Å². The van der Waals surface area contributed by atoms with Crippen LogP contribution in [0.4, 0.5) is 5.69 Å². The Hall–Kier alpha value is -2.18. The van der Waals surface area contributed by atoms with Gasteiger partial charge in [0.25, 0.3) is 5.91 Å². The van der Waals surface area contributed by atoms with Gasteiger partial charge in [-0.3, -0.25) is 4.79 Å². The average molecular weight is 360 g/mol. The van der Waals surface area contributed by atoms with Crippen molar-refractivity contribution in [2.45, 2.75) is 45.6 Å². The van der Waals surface area contributed by atoms with E-state index in [0.29, 0.717) is 16.8 Å². The summed E-state index contributed by atoms with van der Waals surface area (Å²) < 4.78 is 27.2. The highest BCUT2D eigenvalue weighted by Gasteiger charge is 2.19. The molecule has 0 fully saturated rings. The van der Waals surface area contributed by atoms with Crippen molar-refractivity contribution in [3.05, 3.63) is 58.7 Å². The Kier molecular flexibility index (Phi) is 5.65. The summed E-state index contributed by atoms with van der Waals surface area (Å²) in [5, 5.41) is 2.83. The van der Waals surface area contributed by atoms with E-state index < -0.39 is 10.0 Å². The van der Waals surface area contributed by atoms with Gasteiger partial charge >= 0.3 is 0 Å². The molecule has 134 valence electrons. The molecule has 0 bridgehead atoms. The number of carbonyl (C=O) groups is 1. The second-order valence-corrected chi connectivity index (χ2v) is 8.22. The van der Waals surface area contributed by atoms with Gasteiger partial charge in [0.15, 0.2) is 0 Å². The highest BCUT2D eigenvalue weighted by atomic mass is 32.2. The summed E-state index contributed by atoms with van der Waals surface area (Å²) in [6.07, 6.45) is 0. The molecule has 2 rings (SSSR count). The molecule has 2 aromatic carbocycles. The largest absolute Gasteiger partial charge is 0.322 e. The molecule has 25 heavy (non-hydrogen) atoms. The molecule has 0 atom stereocenters. The number of nitrogens with one attached hydrogen (secondary N) is 2. The van der Waals surface area contributed by atoms with Gasteiger partial charge in [0.2, 0.25) is 10.0 Å². The van der Waals surface area contributed by atoms with Crippen LogP contribution in [0.15, 0.2) is 41.3 Å². The fourth-order valence-corrected chi connectivity index (χ4v) is 3.69. The van der Waals surface area contributed by atoms with Gasteiger partial charge in [0, 0.05) is 17.3 Å². The number of amides is 1. The molecule has 0 spiro atoms. The molecule has 2 aromatic rings. The third kappa shape index (κ3) is 4.67. The minimum absolute atomic E-state index is 0.0806. The normalized spacial score (nSPS) is 11.6. The van der Waals surface area contributed by atoms with Crippen molar-refractivity contribution in [2.24, 2.45) is 0 Å². The maximum Gasteiger partial charge on any atom is 0.255 e. The van der Waals surface area contributed by atoms with E-state index in [2.05, 4.69) is 10.0 Å². The van der Waals surface area contributed by atoms with E-state index in [1.807, 2.05) is 32.0 Å². The molecule has 0 unspecified atom stereocenters. The molecule has 0 radical (unpaired) electrons. The molecule has 0 saturated heterocycles. The van der Waals surface area contributed by atoms with Gasteiger partial charge in [-0.2, -0.15) is 0 Å². The molecule has 0 saturated carbocycles. The molecular formula is C19H24N2O3S. The summed E-state index contributed by atoms with van der Waals surface area (Å²) in [4.78, 5) is 12.7. The first-order valence-electron chi connectivity index (χ1n) is 8.12. The Morgan fingerprint density at radius 3 is 2.16 bits per heavy atom. The second-order valence-electron chi connectivity index (χ2n) is 6.51. The molecule has 5 nitrogen and oxygen atoms in total. The third-order valence-electron chi connectivity index (χ3n) is 3.92. The summed E-state index contributed by atoms with van der Waals surface area (Å²) in [5.41, 5.74) is 3.95. The zero-order chi connectivity index (χ0) is 18.8. The minimum atomic E-state index is -3.65. The Morgan fingerprint density at radius 1 is 0.920 bits per heavy atom. The first kappa shape index (κ1) is 19.1. The van der Waals surface area contributed by atoms with Crippen LogP contribution in [0, 0.1) is 20.8 Å². The molecule has 0 aromatic heterocycles. The molecule has 0 heterocycles. The highest BCUT2D eigenvalue weighted by molar-refractivity contribution is 7.89. The Morgan fingerprint density at radius 2 is 1.56 bits per heavy atom. The van der Waals surface area contributed by atoms with Crippen molar-refractivity contribution < 1.29 is 13.2 Å². The van der Waals surface area contributed by atoms with E-state index in [-0.39, 0.29) is 16.8 Å². The van der Waals surface area contributed by atoms with Gasteiger partial charge in [-0.1, -0.05) is 12.1 Å². The van der Waals surface area contributed by atoms with Gasteiger partial charge in [-0.25, -0.2) is 13.1 Å². The number of benzene rings is 2. The van der Waals surface area contributed by atoms with Crippen LogP contribution in [0.2, 0.25) is 0 Å². The van der Waals surface area contributed by atoms with Crippen LogP contribution in [0.5, 0.6) is 0 Å². The van der Waals surface area contributed by atoms with Crippen LogP contribution in [0.1, 0.15) is 40.9 Å². The molecule has 1 amide bonds. The lowest BCUT2D eigenvalue weighted by molar-refractivity contribution is 0.102. The van der Waals surface area contributed by atoms with Gasteiger partial charge < -0.3 is 5.32 Å². The maximum atomic E-state index is 12.6. The SMILES string of the molecule is Cc1ccc(NC(=O)c2cc(S(=O)(=O)NC(C)C)ccc2C)cc1C. The van der Waals surface area contributed by atoms with Gasteiger partial charge in [-0.15, -0.1) is 0 Å². The smallest absolute Gasteiger partial charge is 0.255 e. The lowest BCUT2D eigenvalue weighted by atomic mass is 10.1. The second kappa shape index (κ2) is 7.37. The summed E-state index contributed by atoms with van der Waals surface area (Å²) in [6, 6.07) is 10.00. The van der Waals surface area contributed by atoms with E-state index in [4.69, 9.17) is 0 Å². The average Bonchev–Trinajstić information content (AvgIpc) is 2.49. The molecule has 6 heteroatoms. The van der Waals surface area contributed by atoms with Crippen LogP contribution in [-0.4, -0.2) is 20.4 Å². The predicted molar refractivity (Wildman–Crippen MR) is 101 cm³/mol. The van der Waals surface area contributed by atoms with Crippen LogP contribution in [-0.2, 0) is 10.0 Å². The monoisotopic (exact) mass is 360 g/mol. The summed E-state index contributed by atoms with van der Waals surface area (Å²) >= 11 is 0. The van der Waals surface area contributed by atoms with Crippen molar-refractivity contribution in [3.63, 3.8) is 0 Å². The first-order valence-corrected chi connectivity index (χ1v) is 9.60. The molecule has 0 aliphatic carbocycles. The highest BCUT2D eigenvalue weighted by Crippen LogP contribution is 2.19. The molecule has 2 N–H and O–H groups in total. The van der Waals surface area contributed by atoms with Crippen LogP contribution < -0.4 is 10.0 Å². The Labute approximate surface area is 149 Å². The number of aryl methyl sites for hydroxylation is 3. The minimum Gasteiger partial charge on any atom is -0.322 e. The fraction of sp³-hybridized carbons (Fsp3) is 0.316. The zero-order valence-electron chi connectivity index (χ0n) is 15.2. The number of rotatable bonds is 5. The van der Waals surface area contributed by atoms with Gasteiger partial charge in [0.1, 0.15) is 0 Å². The maximum absolute atomic E-state index is 12.6. The fourth-order valence-electron chi connectivity index (χ4n) is 2.41. The van der Waals surface area contributed by atoms with E-state index in [9.17, 15) is 13.2 Å². The molecule has 0 aliphatic rings.